The Hall–Kier alpha value is -1.55. The molecule has 1 aromatic rings. The quantitative estimate of drug-likeness (QED) is 0.778. The van der Waals surface area contributed by atoms with Gasteiger partial charge in [0, 0.05) is 12.3 Å². The van der Waals surface area contributed by atoms with E-state index in [0.717, 1.165) is 31.4 Å². The van der Waals surface area contributed by atoms with Crippen LogP contribution in [0.3, 0.4) is 0 Å². The number of hydrogen-bond acceptors (Lipinski definition) is 3. The monoisotopic (exact) mass is 246 g/mol. The highest BCUT2D eigenvalue weighted by Gasteiger charge is 2.29. The molecule has 1 amide bonds. The topological polar surface area (TPSA) is 64.3 Å². The van der Waals surface area contributed by atoms with Crippen LogP contribution >= 0.6 is 0 Å². The van der Waals surface area contributed by atoms with Crippen LogP contribution in [0.1, 0.15) is 36.4 Å². The largest absolute Gasteiger partial charge is 0.399 e. The molecular weight excluding hydrogens is 228 g/mol. The molecule has 4 nitrogen and oxygen atoms in total. The number of nitrogens with two attached hydrogens (primary N) is 1. The van der Waals surface area contributed by atoms with Gasteiger partial charge in [-0.3, -0.25) is 4.79 Å². The van der Waals surface area contributed by atoms with Gasteiger partial charge in [0.2, 0.25) is 5.91 Å². The van der Waals surface area contributed by atoms with E-state index in [1.165, 1.54) is 11.1 Å². The Morgan fingerprint density at radius 2 is 2.28 bits per heavy atom. The summed E-state index contributed by atoms with van der Waals surface area (Å²) in [4.78, 5) is 12.0. The number of nitrogens with one attached hydrogen (secondary N) is 1. The highest BCUT2D eigenvalue weighted by atomic mass is 16.5. The molecule has 0 radical (unpaired) electrons. The van der Waals surface area contributed by atoms with Crippen LogP contribution in [-0.4, -0.2) is 18.6 Å². The van der Waals surface area contributed by atoms with Gasteiger partial charge in [-0.1, -0.05) is 6.07 Å². The van der Waals surface area contributed by atoms with Crippen molar-refractivity contribution in [3.8, 4) is 0 Å². The van der Waals surface area contributed by atoms with Gasteiger partial charge in [0.25, 0.3) is 0 Å². The van der Waals surface area contributed by atoms with Gasteiger partial charge in [-0.2, -0.15) is 0 Å². The summed E-state index contributed by atoms with van der Waals surface area (Å²) < 4.78 is 5.40. The summed E-state index contributed by atoms with van der Waals surface area (Å²) >= 11 is 0. The van der Waals surface area contributed by atoms with Crippen molar-refractivity contribution in [1.29, 1.82) is 0 Å². The van der Waals surface area contributed by atoms with Crippen molar-refractivity contribution >= 4 is 11.6 Å². The molecule has 2 unspecified atom stereocenters. The molecule has 0 spiro atoms. The van der Waals surface area contributed by atoms with Crippen molar-refractivity contribution in [2.75, 3.05) is 12.3 Å². The van der Waals surface area contributed by atoms with Crippen LogP contribution in [0.4, 0.5) is 5.69 Å². The normalized spacial score (nSPS) is 26.0. The summed E-state index contributed by atoms with van der Waals surface area (Å²) in [5.74, 6) is 0.0298. The van der Waals surface area contributed by atoms with Gasteiger partial charge in [-0.15, -0.1) is 0 Å². The first kappa shape index (κ1) is 11.5. The van der Waals surface area contributed by atoms with E-state index in [0.29, 0.717) is 6.61 Å². The third kappa shape index (κ3) is 2.08. The highest BCUT2D eigenvalue weighted by Crippen LogP contribution is 2.32. The second-order valence-corrected chi connectivity index (χ2v) is 5.06. The highest BCUT2D eigenvalue weighted by molar-refractivity contribution is 5.81. The molecule has 3 rings (SSSR count). The molecule has 2 aliphatic rings. The van der Waals surface area contributed by atoms with Crippen molar-refractivity contribution in [3.63, 3.8) is 0 Å². The number of amides is 1. The summed E-state index contributed by atoms with van der Waals surface area (Å²) in [5.41, 5.74) is 9.02. The minimum atomic E-state index is -0.247. The number of anilines is 1. The summed E-state index contributed by atoms with van der Waals surface area (Å²) in [5, 5.41) is 3.09. The van der Waals surface area contributed by atoms with Gasteiger partial charge in [-0.05, 0) is 48.9 Å². The van der Waals surface area contributed by atoms with Crippen molar-refractivity contribution < 1.29 is 9.53 Å². The Bertz CT molecular complexity index is 467. The average molecular weight is 246 g/mol. The molecule has 96 valence electrons. The Kier molecular flexibility index (Phi) is 2.96. The number of hydrogen-bond donors (Lipinski definition) is 2. The molecule has 3 N–H and O–H groups in total. The fraction of sp³-hybridized carbons (Fsp3) is 0.500. The van der Waals surface area contributed by atoms with Crippen LogP contribution in [0.2, 0.25) is 0 Å². The number of fused-ring (bicyclic) bond motifs is 1. The van der Waals surface area contributed by atoms with E-state index in [4.69, 9.17) is 10.5 Å². The minimum Gasteiger partial charge on any atom is -0.399 e. The minimum absolute atomic E-state index is 0.0298. The fourth-order valence-electron chi connectivity index (χ4n) is 2.84. The third-order valence-electron chi connectivity index (χ3n) is 3.78. The van der Waals surface area contributed by atoms with Crippen molar-refractivity contribution in [2.45, 2.75) is 37.8 Å². The summed E-state index contributed by atoms with van der Waals surface area (Å²) in [6, 6.07) is 6.05. The molecule has 18 heavy (non-hydrogen) atoms. The molecule has 1 aromatic carbocycles. The summed E-state index contributed by atoms with van der Waals surface area (Å²) in [6.07, 6.45) is 3.51. The fourth-order valence-corrected chi connectivity index (χ4v) is 2.84. The summed E-state index contributed by atoms with van der Waals surface area (Å²) in [7, 11) is 0. The number of carbonyl (C=O) groups is 1. The molecular formula is C14H18N2O2. The maximum absolute atomic E-state index is 12.0. The number of rotatable bonds is 2. The van der Waals surface area contributed by atoms with E-state index >= 15 is 0 Å². The molecule has 0 bridgehead atoms. The van der Waals surface area contributed by atoms with Crippen LogP contribution in [0.25, 0.3) is 0 Å². The van der Waals surface area contributed by atoms with Crippen molar-refractivity contribution in [1.82, 2.24) is 5.32 Å². The number of aryl methyl sites for hydroxylation is 1. The second-order valence-electron chi connectivity index (χ2n) is 5.06. The number of benzene rings is 1. The van der Waals surface area contributed by atoms with Gasteiger partial charge in [0.05, 0.1) is 6.04 Å². The van der Waals surface area contributed by atoms with E-state index in [2.05, 4.69) is 5.32 Å². The lowest BCUT2D eigenvalue weighted by atomic mass is 10.1. The average Bonchev–Trinajstić information content (AvgIpc) is 2.98. The molecule has 4 heteroatoms. The second kappa shape index (κ2) is 4.61. The lowest BCUT2D eigenvalue weighted by molar-refractivity contribution is -0.130. The molecule has 0 aromatic heterocycles. The lowest BCUT2D eigenvalue weighted by Crippen LogP contribution is -2.36. The number of carbonyl (C=O) groups excluding carboxylic acids is 1. The maximum atomic E-state index is 12.0. The molecule has 2 atom stereocenters. The lowest BCUT2D eigenvalue weighted by Gasteiger charge is -2.17. The Labute approximate surface area is 107 Å². The summed E-state index contributed by atoms with van der Waals surface area (Å²) in [6.45, 7) is 0.704. The van der Waals surface area contributed by atoms with E-state index in [9.17, 15) is 4.79 Å². The first-order valence-electron chi connectivity index (χ1n) is 6.54. The number of nitrogen functional groups attached to an aromatic ring is 1. The number of ether oxygens (including phenoxy) is 1. The smallest absolute Gasteiger partial charge is 0.249 e. The Morgan fingerprint density at radius 3 is 3.06 bits per heavy atom. The molecule has 1 heterocycles. The van der Waals surface area contributed by atoms with Crippen molar-refractivity contribution in [3.05, 3.63) is 29.3 Å². The van der Waals surface area contributed by atoms with Gasteiger partial charge >= 0.3 is 0 Å². The zero-order chi connectivity index (χ0) is 12.5. The zero-order valence-corrected chi connectivity index (χ0v) is 10.3. The molecule has 1 fully saturated rings. The van der Waals surface area contributed by atoms with Gasteiger partial charge in [-0.25, -0.2) is 0 Å². The third-order valence-corrected chi connectivity index (χ3v) is 3.78. The Balaban J connectivity index is 1.70. The first-order chi connectivity index (χ1) is 8.74. The zero-order valence-electron chi connectivity index (χ0n) is 10.3. The van der Waals surface area contributed by atoms with Gasteiger partial charge in [0.1, 0.15) is 6.10 Å². The van der Waals surface area contributed by atoms with Crippen LogP contribution in [-0.2, 0) is 16.0 Å². The van der Waals surface area contributed by atoms with Crippen LogP contribution in [0, 0.1) is 0 Å². The standard InChI is InChI=1S/C14H18N2O2/c15-10-4-5-11-9(8-10)3-6-12(11)16-14(17)13-2-1-7-18-13/h4-5,8,12-13H,1-3,6-7,15H2,(H,16,17). The molecule has 1 aliphatic heterocycles. The van der Waals surface area contributed by atoms with E-state index in [1.807, 2.05) is 18.2 Å². The van der Waals surface area contributed by atoms with E-state index < -0.39 is 0 Å². The van der Waals surface area contributed by atoms with Crippen LogP contribution in [0.15, 0.2) is 18.2 Å². The predicted molar refractivity (Wildman–Crippen MR) is 69.0 cm³/mol. The van der Waals surface area contributed by atoms with Crippen LogP contribution in [0.5, 0.6) is 0 Å². The SMILES string of the molecule is Nc1ccc2c(c1)CCC2NC(=O)C1CCCO1. The maximum Gasteiger partial charge on any atom is 0.249 e. The predicted octanol–water partition coefficient (Wildman–Crippen LogP) is 1.55. The van der Waals surface area contributed by atoms with E-state index in [-0.39, 0.29) is 18.1 Å². The Morgan fingerprint density at radius 1 is 1.39 bits per heavy atom. The van der Waals surface area contributed by atoms with E-state index in [1.54, 1.807) is 0 Å². The molecule has 1 aliphatic carbocycles. The molecule has 1 saturated heterocycles. The van der Waals surface area contributed by atoms with Crippen molar-refractivity contribution in [2.24, 2.45) is 0 Å². The van der Waals surface area contributed by atoms with Gasteiger partial charge < -0.3 is 15.8 Å². The molecule has 0 saturated carbocycles. The van der Waals surface area contributed by atoms with Gasteiger partial charge in [0.15, 0.2) is 0 Å². The van der Waals surface area contributed by atoms with Crippen LogP contribution < -0.4 is 11.1 Å². The first-order valence-corrected chi connectivity index (χ1v) is 6.54.